The van der Waals surface area contributed by atoms with E-state index >= 15 is 0 Å². The predicted octanol–water partition coefficient (Wildman–Crippen LogP) is 3.17. The van der Waals surface area contributed by atoms with E-state index in [1.807, 2.05) is 18.7 Å². The van der Waals surface area contributed by atoms with Crippen LogP contribution in [0.3, 0.4) is 0 Å². The van der Waals surface area contributed by atoms with Crippen molar-refractivity contribution in [2.75, 3.05) is 37.9 Å². The average Bonchev–Trinajstić information content (AvgIpc) is 3.39. The van der Waals surface area contributed by atoms with Crippen LogP contribution in [-0.4, -0.2) is 65.5 Å². The molecule has 186 valence electrons. The first-order valence-corrected chi connectivity index (χ1v) is 11.3. The number of hydrogen-bond donors (Lipinski definition) is 2. The van der Waals surface area contributed by atoms with Crippen LogP contribution >= 0.6 is 11.6 Å². The molecule has 0 saturated carbocycles. The first-order chi connectivity index (χ1) is 16.1. The maximum absolute atomic E-state index is 13.0. The van der Waals surface area contributed by atoms with Crippen molar-refractivity contribution in [3.05, 3.63) is 29.1 Å². The van der Waals surface area contributed by atoms with Crippen LogP contribution < -0.4 is 16.0 Å². The molecule has 3 N–H and O–H groups in total. The number of unbranched alkanes of at least 4 members (excludes halogenated alkanes) is 1. The molecule has 9 nitrogen and oxygen atoms in total. The third kappa shape index (κ3) is 5.80. The number of halogens is 4. The number of nitrogens with zero attached hydrogens (tertiary/aromatic N) is 5. The molecule has 2 aliphatic rings. The van der Waals surface area contributed by atoms with Crippen LogP contribution in [0, 0.1) is 5.92 Å². The van der Waals surface area contributed by atoms with Gasteiger partial charge in [0.1, 0.15) is 5.52 Å². The minimum atomic E-state index is -4.45. The smallest absolute Gasteiger partial charge is 0.382 e. The Labute approximate surface area is 199 Å². The highest BCUT2D eigenvalue weighted by molar-refractivity contribution is 6.32. The van der Waals surface area contributed by atoms with Gasteiger partial charge in [-0.25, -0.2) is 4.98 Å². The molecular weight excluding hydrogens is 475 g/mol. The van der Waals surface area contributed by atoms with Crippen molar-refractivity contribution in [1.29, 1.82) is 0 Å². The summed E-state index contributed by atoms with van der Waals surface area (Å²) in [6.07, 6.45) is 1.19. The fourth-order valence-corrected chi connectivity index (χ4v) is 3.92. The molecule has 2 unspecified atom stereocenters. The lowest BCUT2D eigenvalue weighted by molar-refractivity contribution is -0.0893. The van der Waals surface area contributed by atoms with Gasteiger partial charge in [-0.1, -0.05) is 23.8 Å². The predicted molar refractivity (Wildman–Crippen MR) is 122 cm³/mol. The Kier molecular flexibility index (Phi) is 7.31. The third-order valence-corrected chi connectivity index (χ3v) is 5.91. The van der Waals surface area contributed by atoms with Gasteiger partial charge in [0, 0.05) is 38.8 Å². The number of anilines is 2. The summed E-state index contributed by atoms with van der Waals surface area (Å²) >= 11 is 5.69. The molecule has 4 rings (SSSR count). The topological polar surface area (TPSA) is 107 Å². The van der Waals surface area contributed by atoms with Gasteiger partial charge in [-0.3, -0.25) is 5.32 Å². The highest BCUT2D eigenvalue weighted by Crippen LogP contribution is 2.37. The molecule has 1 fully saturated rings. The van der Waals surface area contributed by atoms with Gasteiger partial charge in [-0.15, -0.1) is 0 Å². The van der Waals surface area contributed by atoms with Crippen LogP contribution in [0.5, 0.6) is 0 Å². The number of hydrogen-bond acceptors (Lipinski definition) is 8. The van der Waals surface area contributed by atoms with E-state index in [-0.39, 0.29) is 17.2 Å². The molecule has 0 spiro atoms. The lowest BCUT2D eigenvalue weighted by Crippen LogP contribution is -2.28. The molecule has 0 bridgehead atoms. The monoisotopic (exact) mass is 501 g/mol. The lowest BCUT2D eigenvalue weighted by atomic mass is 9.95. The molecule has 34 heavy (non-hydrogen) atoms. The normalized spacial score (nSPS) is 22.6. The minimum absolute atomic E-state index is 0.245. The molecule has 2 aromatic heterocycles. The Morgan fingerprint density at radius 2 is 2.12 bits per heavy atom. The Morgan fingerprint density at radius 1 is 1.32 bits per heavy atom. The molecule has 1 aliphatic heterocycles. The van der Waals surface area contributed by atoms with Crippen LogP contribution in [0.4, 0.5) is 24.9 Å². The molecule has 3 atom stereocenters. The number of aromatic nitrogens is 4. The number of nitrogens with two attached hydrogens (primary N) is 1. The number of fused-ring (bicyclic) bond motifs is 1. The maximum Gasteiger partial charge on any atom is 0.417 e. The maximum atomic E-state index is 13.0. The van der Waals surface area contributed by atoms with E-state index < -0.39 is 18.0 Å². The van der Waals surface area contributed by atoms with E-state index in [0.717, 1.165) is 12.8 Å². The number of nitrogens with one attached hydrogen (secondary N) is 1. The fraction of sp³-hybridized carbons (Fsp3) is 0.571. The second-order valence-corrected chi connectivity index (χ2v) is 8.86. The van der Waals surface area contributed by atoms with Crippen LogP contribution in [-0.2, 0) is 16.0 Å². The summed E-state index contributed by atoms with van der Waals surface area (Å²) in [5, 5.41) is 2.85. The highest BCUT2D eigenvalue weighted by Gasteiger charge is 2.41. The van der Waals surface area contributed by atoms with Crippen molar-refractivity contribution in [2.45, 2.75) is 44.5 Å². The number of ether oxygens (including phenoxy) is 2. The number of epoxide rings is 1. The van der Waals surface area contributed by atoms with Gasteiger partial charge >= 0.3 is 6.18 Å². The Balaban J connectivity index is 1.16. The molecule has 0 aromatic carbocycles. The van der Waals surface area contributed by atoms with Crippen molar-refractivity contribution in [3.8, 4) is 0 Å². The molecular formula is C21H27ClF3N7O2. The highest BCUT2D eigenvalue weighted by atomic mass is 35.5. The van der Waals surface area contributed by atoms with E-state index in [4.69, 9.17) is 26.8 Å². The molecule has 1 saturated heterocycles. The molecule has 0 amide bonds. The van der Waals surface area contributed by atoms with Gasteiger partial charge in [-0.2, -0.15) is 23.1 Å². The summed E-state index contributed by atoms with van der Waals surface area (Å²) in [5.41, 5.74) is 6.47. The molecule has 13 heteroatoms. The summed E-state index contributed by atoms with van der Waals surface area (Å²) in [7, 11) is 3.69. The number of alkyl halides is 3. The molecule has 0 radical (unpaired) electrons. The number of imidazole rings is 1. The number of nitrogen functional groups attached to an aromatic ring is 1. The Morgan fingerprint density at radius 3 is 2.85 bits per heavy atom. The van der Waals surface area contributed by atoms with E-state index in [9.17, 15) is 13.2 Å². The number of aryl methyl sites for hydroxylation is 1. The zero-order valence-electron chi connectivity index (χ0n) is 18.8. The standard InChI is InChI=1S/C21H27ClF3N7O2/c1-31(2)20-29-16(26)15-17(30-20)32(11-28-15)7-3-4-8-33-19-18(34-19)27-10-12-5-6-14(22)13(9-12)21(23,24)25/h6,9,11-12,18-19,27H,3-5,7-8,10H2,1-2H3,(H2,26,29,30)/t12?,18-,19?/m1/s1. The number of allylic oxidation sites excluding steroid dienone is 3. The van der Waals surface area contributed by atoms with Crippen LogP contribution in [0.1, 0.15) is 19.3 Å². The van der Waals surface area contributed by atoms with Crippen LogP contribution in [0.2, 0.25) is 0 Å². The largest absolute Gasteiger partial charge is 0.417 e. The number of rotatable bonds is 10. The van der Waals surface area contributed by atoms with Gasteiger partial charge in [0.05, 0.1) is 11.9 Å². The van der Waals surface area contributed by atoms with Crippen molar-refractivity contribution in [2.24, 2.45) is 5.92 Å². The Bertz CT molecular complexity index is 1090. The second-order valence-electron chi connectivity index (χ2n) is 8.45. The SMILES string of the molecule is CN(C)c1nc(N)c2ncn(CCCCOC3O[C@H]3NCC3C=C(C(F)(F)F)C(Cl)=CC3)c2n1. The summed E-state index contributed by atoms with van der Waals surface area (Å²) in [6.45, 7) is 1.54. The Hall–Kier alpha value is -2.41. The molecule has 1 aliphatic carbocycles. The van der Waals surface area contributed by atoms with Gasteiger partial charge in [0.25, 0.3) is 0 Å². The fourth-order valence-electron chi connectivity index (χ4n) is 3.66. The van der Waals surface area contributed by atoms with E-state index in [1.54, 1.807) is 11.2 Å². The lowest BCUT2D eigenvalue weighted by Gasteiger charge is -2.20. The van der Waals surface area contributed by atoms with Gasteiger partial charge in [-0.05, 0) is 25.2 Å². The zero-order valence-corrected chi connectivity index (χ0v) is 19.6. The third-order valence-electron chi connectivity index (χ3n) is 5.55. The zero-order chi connectivity index (χ0) is 24.5. The quantitative estimate of drug-likeness (QED) is 0.377. The summed E-state index contributed by atoms with van der Waals surface area (Å²) < 4.78 is 52.0. The van der Waals surface area contributed by atoms with Crippen molar-refractivity contribution < 1.29 is 22.6 Å². The summed E-state index contributed by atoms with van der Waals surface area (Å²) in [4.78, 5) is 14.8. The first kappa shape index (κ1) is 24.7. The minimum Gasteiger partial charge on any atom is -0.382 e. The van der Waals surface area contributed by atoms with E-state index in [2.05, 4.69) is 20.3 Å². The van der Waals surface area contributed by atoms with Crippen LogP contribution in [0.25, 0.3) is 11.2 Å². The average molecular weight is 502 g/mol. The van der Waals surface area contributed by atoms with Gasteiger partial charge < -0.3 is 24.7 Å². The summed E-state index contributed by atoms with van der Waals surface area (Å²) in [6, 6.07) is 0. The molecule has 2 aromatic rings. The van der Waals surface area contributed by atoms with E-state index in [1.165, 1.54) is 12.2 Å². The van der Waals surface area contributed by atoms with Crippen molar-refractivity contribution in [1.82, 2.24) is 24.8 Å². The van der Waals surface area contributed by atoms with Crippen molar-refractivity contribution >= 4 is 34.5 Å². The molecule has 3 heterocycles. The summed E-state index contributed by atoms with van der Waals surface area (Å²) in [5.74, 6) is 0.564. The first-order valence-electron chi connectivity index (χ1n) is 10.9. The van der Waals surface area contributed by atoms with Gasteiger partial charge in [0.2, 0.25) is 5.95 Å². The van der Waals surface area contributed by atoms with E-state index in [0.29, 0.717) is 49.0 Å². The van der Waals surface area contributed by atoms with Crippen LogP contribution in [0.15, 0.2) is 29.1 Å². The second kappa shape index (κ2) is 10.1. The van der Waals surface area contributed by atoms with Crippen molar-refractivity contribution in [3.63, 3.8) is 0 Å². The van der Waals surface area contributed by atoms with Gasteiger partial charge in [0.15, 0.2) is 24.0 Å².